The van der Waals surface area contributed by atoms with Crippen molar-refractivity contribution in [3.63, 3.8) is 0 Å². The van der Waals surface area contributed by atoms with Crippen LogP contribution in [0.15, 0.2) is 84.9 Å². The standard InChI is InChI=1S/C30H33N3O3/c1-36-21-20-33-28(24-12-6-3-7-13-24)27(25-14-8-9-15-26(25)29(33)34)30(35)32-18-16-31(17-19-32)22-23-10-4-2-5-11-23/h2-15,27-28H,16-22H2,1H3/t27-,28+/m1/s1. The molecule has 2 aliphatic heterocycles. The predicted molar refractivity (Wildman–Crippen MR) is 140 cm³/mol. The minimum atomic E-state index is -0.459. The number of amides is 2. The third-order valence-corrected chi connectivity index (χ3v) is 7.32. The first-order chi connectivity index (χ1) is 17.7. The van der Waals surface area contributed by atoms with Crippen LogP contribution >= 0.6 is 0 Å². The van der Waals surface area contributed by atoms with Crippen molar-refractivity contribution in [1.29, 1.82) is 0 Å². The van der Waals surface area contributed by atoms with Crippen LogP contribution in [0.3, 0.4) is 0 Å². The summed E-state index contributed by atoms with van der Waals surface area (Å²) in [5, 5.41) is 0. The lowest BCUT2D eigenvalue weighted by molar-refractivity contribution is -0.136. The summed E-state index contributed by atoms with van der Waals surface area (Å²) >= 11 is 0. The maximum Gasteiger partial charge on any atom is 0.254 e. The number of carbonyl (C=O) groups excluding carboxylic acids is 2. The van der Waals surface area contributed by atoms with Gasteiger partial charge in [-0.25, -0.2) is 0 Å². The number of hydrogen-bond donors (Lipinski definition) is 0. The Morgan fingerprint density at radius 1 is 0.861 bits per heavy atom. The fourth-order valence-electron chi connectivity index (χ4n) is 5.48. The lowest BCUT2D eigenvalue weighted by Crippen LogP contribution is -2.53. The second-order valence-corrected chi connectivity index (χ2v) is 9.50. The predicted octanol–water partition coefficient (Wildman–Crippen LogP) is 3.96. The SMILES string of the molecule is COCCN1C(=O)c2ccccc2[C@@H](C(=O)N2CCN(Cc3ccccc3)CC2)[C@@H]1c1ccccc1. The lowest BCUT2D eigenvalue weighted by atomic mass is 9.78. The molecule has 0 N–H and O–H groups in total. The molecule has 6 heteroatoms. The average Bonchev–Trinajstić information content (AvgIpc) is 2.93. The van der Waals surface area contributed by atoms with Crippen molar-refractivity contribution in [3.05, 3.63) is 107 Å². The molecule has 0 radical (unpaired) electrons. The van der Waals surface area contributed by atoms with Gasteiger partial charge in [0.15, 0.2) is 0 Å². The Bertz CT molecular complexity index is 1180. The van der Waals surface area contributed by atoms with Crippen LogP contribution in [-0.2, 0) is 16.1 Å². The highest BCUT2D eigenvalue weighted by Crippen LogP contribution is 2.43. The molecule has 1 fully saturated rings. The van der Waals surface area contributed by atoms with Crippen molar-refractivity contribution in [3.8, 4) is 0 Å². The van der Waals surface area contributed by atoms with E-state index in [0.29, 0.717) is 31.8 Å². The summed E-state index contributed by atoms with van der Waals surface area (Å²) in [6, 6.07) is 27.6. The van der Waals surface area contributed by atoms with E-state index in [2.05, 4.69) is 29.2 Å². The number of hydrogen-bond acceptors (Lipinski definition) is 4. The molecule has 2 atom stereocenters. The Morgan fingerprint density at radius 3 is 2.19 bits per heavy atom. The zero-order valence-corrected chi connectivity index (χ0v) is 20.8. The average molecular weight is 484 g/mol. The molecule has 5 rings (SSSR count). The molecule has 2 heterocycles. The number of methoxy groups -OCH3 is 1. The van der Waals surface area contributed by atoms with E-state index in [4.69, 9.17) is 4.74 Å². The van der Waals surface area contributed by atoms with E-state index < -0.39 is 5.92 Å². The summed E-state index contributed by atoms with van der Waals surface area (Å²) in [7, 11) is 1.64. The second-order valence-electron chi connectivity index (χ2n) is 9.50. The monoisotopic (exact) mass is 483 g/mol. The largest absolute Gasteiger partial charge is 0.383 e. The molecule has 0 bridgehead atoms. The summed E-state index contributed by atoms with van der Waals surface area (Å²) in [5.41, 5.74) is 3.69. The number of rotatable bonds is 7. The maximum atomic E-state index is 14.2. The molecule has 3 aromatic rings. The van der Waals surface area contributed by atoms with E-state index in [0.717, 1.165) is 30.8 Å². The molecule has 3 aromatic carbocycles. The molecule has 186 valence electrons. The number of benzene rings is 3. The highest BCUT2D eigenvalue weighted by molar-refractivity contribution is 6.01. The zero-order valence-electron chi connectivity index (χ0n) is 20.8. The van der Waals surface area contributed by atoms with Crippen LogP contribution in [-0.4, -0.2) is 73.0 Å². The van der Waals surface area contributed by atoms with Crippen LogP contribution in [0.4, 0.5) is 0 Å². The quantitative estimate of drug-likeness (QED) is 0.511. The lowest BCUT2D eigenvalue weighted by Gasteiger charge is -2.44. The summed E-state index contributed by atoms with van der Waals surface area (Å²) in [6.07, 6.45) is 0. The highest BCUT2D eigenvalue weighted by Gasteiger charge is 2.45. The molecule has 2 aliphatic rings. The summed E-state index contributed by atoms with van der Waals surface area (Å²) < 4.78 is 5.34. The first kappa shape index (κ1) is 24.2. The molecule has 0 saturated carbocycles. The second kappa shape index (κ2) is 11.1. The molecule has 0 unspecified atom stereocenters. The van der Waals surface area contributed by atoms with Gasteiger partial charge in [-0.15, -0.1) is 0 Å². The maximum absolute atomic E-state index is 14.2. The van der Waals surface area contributed by atoms with E-state index in [1.165, 1.54) is 5.56 Å². The number of carbonyl (C=O) groups is 2. The molecular weight excluding hydrogens is 450 g/mol. The van der Waals surface area contributed by atoms with Gasteiger partial charge in [-0.1, -0.05) is 78.9 Å². The van der Waals surface area contributed by atoms with Crippen LogP contribution < -0.4 is 0 Å². The number of fused-ring (bicyclic) bond motifs is 1. The number of piperazine rings is 1. The van der Waals surface area contributed by atoms with Crippen molar-refractivity contribution >= 4 is 11.8 Å². The van der Waals surface area contributed by atoms with Gasteiger partial charge in [0.2, 0.25) is 5.91 Å². The summed E-state index contributed by atoms with van der Waals surface area (Å²) in [4.78, 5) is 34.1. The van der Waals surface area contributed by atoms with Crippen LogP contribution in [0.25, 0.3) is 0 Å². The Labute approximate surface area is 213 Å². The van der Waals surface area contributed by atoms with Crippen LogP contribution in [0.5, 0.6) is 0 Å². The fourth-order valence-corrected chi connectivity index (χ4v) is 5.48. The van der Waals surface area contributed by atoms with Crippen LogP contribution in [0.2, 0.25) is 0 Å². The molecule has 0 aromatic heterocycles. The minimum Gasteiger partial charge on any atom is -0.383 e. The molecule has 36 heavy (non-hydrogen) atoms. The van der Waals surface area contributed by atoms with Crippen LogP contribution in [0.1, 0.15) is 39.0 Å². The first-order valence-corrected chi connectivity index (χ1v) is 12.7. The Morgan fingerprint density at radius 2 is 1.50 bits per heavy atom. The summed E-state index contributed by atoms with van der Waals surface area (Å²) in [6.45, 7) is 4.75. The van der Waals surface area contributed by atoms with Crippen LogP contribution in [0, 0.1) is 0 Å². The Balaban J connectivity index is 1.43. The Hall–Kier alpha value is -3.48. The topological polar surface area (TPSA) is 53.1 Å². The molecule has 0 spiro atoms. The zero-order chi connectivity index (χ0) is 24.9. The molecule has 0 aliphatic carbocycles. The third kappa shape index (κ3) is 4.92. The molecule has 1 saturated heterocycles. The molecule has 6 nitrogen and oxygen atoms in total. The van der Waals surface area contributed by atoms with E-state index in [1.54, 1.807) is 7.11 Å². The van der Waals surface area contributed by atoms with Crippen molar-refractivity contribution < 1.29 is 14.3 Å². The van der Waals surface area contributed by atoms with E-state index in [-0.39, 0.29) is 17.9 Å². The van der Waals surface area contributed by atoms with Gasteiger partial charge in [0.05, 0.1) is 18.6 Å². The van der Waals surface area contributed by atoms with E-state index in [1.807, 2.05) is 70.5 Å². The fraction of sp³-hybridized carbons (Fsp3) is 0.333. The third-order valence-electron chi connectivity index (χ3n) is 7.32. The van der Waals surface area contributed by atoms with Crippen molar-refractivity contribution in [1.82, 2.24) is 14.7 Å². The normalized spacial score (nSPS) is 20.3. The van der Waals surface area contributed by atoms with Gasteiger partial charge < -0.3 is 14.5 Å². The van der Waals surface area contributed by atoms with Crippen molar-refractivity contribution in [2.45, 2.75) is 18.5 Å². The van der Waals surface area contributed by atoms with Gasteiger partial charge in [0.1, 0.15) is 0 Å². The molecular formula is C30H33N3O3. The number of ether oxygens (including phenoxy) is 1. The van der Waals surface area contributed by atoms with Gasteiger partial charge in [-0.3, -0.25) is 14.5 Å². The van der Waals surface area contributed by atoms with E-state index in [9.17, 15) is 9.59 Å². The number of nitrogens with zero attached hydrogens (tertiary/aromatic N) is 3. The van der Waals surface area contributed by atoms with Crippen molar-refractivity contribution in [2.75, 3.05) is 46.4 Å². The Kier molecular flexibility index (Phi) is 7.44. The van der Waals surface area contributed by atoms with Gasteiger partial charge >= 0.3 is 0 Å². The van der Waals surface area contributed by atoms with Crippen molar-refractivity contribution in [2.24, 2.45) is 0 Å². The smallest absolute Gasteiger partial charge is 0.254 e. The van der Waals surface area contributed by atoms with Gasteiger partial charge in [-0.2, -0.15) is 0 Å². The molecule has 2 amide bonds. The van der Waals surface area contributed by atoms with Gasteiger partial charge in [0, 0.05) is 51.9 Å². The first-order valence-electron chi connectivity index (χ1n) is 12.7. The van der Waals surface area contributed by atoms with E-state index >= 15 is 0 Å². The van der Waals surface area contributed by atoms with Gasteiger partial charge in [-0.05, 0) is 22.8 Å². The summed E-state index contributed by atoms with van der Waals surface area (Å²) in [5.74, 6) is -0.419. The minimum absolute atomic E-state index is 0.0479. The highest BCUT2D eigenvalue weighted by atomic mass is 16.5. The van der Waals surface area contributed by atoms with Gasteiger partial charge in [0.25, 0.3) is 5.91 Å².